The molecule has 0 bridgehead atoms. The molecule has 2 unspecified atom stereocenters. The number of carbonyl (C=O) groups excluding carboxylic acids is 1. The molecule has 4 rings (SSSR count). The highest BCUT2D eigenvalue weighted by Crippen LogP contribution is 2.44. The second-order valence-corrected chi connectivity index (χ2v) is 7.70. The summed E-state index contributed by atoms with van der Waals surface area (Å²) in [5, 5.41) is 22.7. The molecule has 1 amide bonds. The second kappa shape index (κ2) is 9.56. The Kier molecular flexibility index (Phi) is 6.57. The van der Waals surface area contributed by atoms with Gasteiger partial charge in [0.2, 0.25) is 5.82 Å². The van der Waals surface area contributed by atoms with Gasteiger partial charge in [-0.3, -0.25) is 0 Å². The summed E-state index contributed by atoms with van der Waals surface area (Å²) in [6.07, 6.45) is -4.16. The molecular formula is C25H23F2NO5. The fourth-order valence-corrected chi connectivity index (χ4v) is 4.09. The highest BCUT2D eigenvalue weighted by atomic mass is 19.2. The average Bonchev–Trinajstić information content (AvgIpc) is 3.16. The van der Waals surface area contributed by atoms with Crippen LogP contribution in [0.25, 0.3) is 11.1 Å². The topological polar surface area (TPSA) is 88.0 Å². The lowest BCUT2D eigenvalue weighted by Crippen LogP contribution is -2.36. The summed E-state index contributed by atoms with van der Waals surface area (Å²) in [6, 6.07) is 18.0. The van der Waals surface area contributed by atoms with Crippen LogP contribution in [0.3, 0.4) is 0 Å². The number of aliphatic hydroxyl groups is 2. The molecule has 0 radical (unpaired) electrons. The van der Waals surface area contributed by atoms with E-state index in [9.17, 15) is 23.8 Å². The van der Waals surface area contributed by atoms with Crippen LogP contribution < -0.4 is 10.1 Å². The maximum atomic E-state index is 14.2. The first-order chi connectivity index (χ1) is 15.9. The van der Waals surface area contributed by atoms with Gasteiger partial charge in [0.05, 0.1) is 7.11 Å². The van der Waals surface area contributed by atoms with Crippen LogP contribution in [0.5, 0.6) is 5.75 Å². The molecule has 2 atom stereocenters. The van der Waals surface area contributed by atoms with E-state index in [1.165, 1.54) is 7.11 Å². The Morgan fingerprint density at radius 3 is 2.18 bits per heavy atom. The molecule has 6 nitrogen and oxygen atoms in total. The number of hydrogen-bond donors (Lipinski definition) is 3. The molecule has 1 aliphatic carbocycles. The minimum atomic E-state index is -1.76. The summed E-state index contributed by atoms with van der Waals surface area (Å²) in [7, 11) is 1.18. The fraction of sp³-hybridized carbons (Fsp3) is 0.240. The van der Waals surface area contributed by atoms with E-state index in [0.29, 0.717) is 0 Å². The third kappa shape index (κ3) is 4.40. The highest BCUT2D eigenvalue weighted by Gasteiger charge is 2.29. The van der Waals surface area contributed by atoms with E-state index in [0.717, 1.165) is 34.4 Å². The molecule has 3 N–H and O–H groups in total. The summed E-state index contributed by atoms with van der Waals surface area (Å²) in [5.41, 5.74) is 3.84. The Bertz CT molecular complexity index is 1120. The molecule has 0 fully saturated rings. The van der Waals surface area contributed by atoms with Crippen LogP contribution in [0.15, 0.2) is 60.7 Å². The van der Waals surface area contributed by atoms with Gasteiger partial charge >= 0.3 is 6.09 Å². The van der Waals surface area contributed by atoms with E-state index >= 15 is 0 Å². The van der Waals surface area contributed by atoms with Crippen molar-refractivity contribution in [1.82, 2.24) is 5.32 Å². The monoisotopic (exact) mass is 455 g/mol. The number of amides is 1. The van der Waals surface area contributed by atoms with Gasteiger partial charge in [-0.2, -0.15) is 4.39 Å². The second-order valence-electron chi connectivity index (χ2n) is 7.70. The van der Waals surface area contributed by atoms with Gasteiger partial charge in [0.15, 0.2) is 11.6 Å². The number of nitrogens with one attached hydrogen (secondary N) is 1. The van der Waals surface area contributed by atoms with E-state index in [1.54, 1.807) is 0 Å². The zero-order valence-corrected chi connectivity index (χ0v) is 17.8. The predicted molar refractivity (Wildman–Crippen MR) is 117 cm³/mol. The molecule has 0 saturated carbocycles. The maximum Gasteiger partial charge on any atom is 0.407 e. The smallest absolute Gasteiger partial charge is 0.407 e. The zero-order chi connectivity index (χ0) is 23.5. The largest absolute Gasteiger partial charge is 0.494 e. The fourth-order valence-electron chi connectivity index (χ4n) is 4.09. The van der Waals surface area contributed by atoms with Gasteiger partial charge in [0, 0.05) is 18.0 Å². The quantitative estimate of drug-likeness (QED) is 0.503. The van der Waals surface area contributed by atoms with Crippen LogP contribution >= 0.6 is 0 Å². The molecule has 1 aliphatic rings. The van der Waals surface area contributed by atoms with Crippen LogP contribution in [-0.2, 0) is 4.74 Å². The van der Waals surface area contributed by atoms with E-state index in [-0.39, 0.29) is 18.3 Å². The van der Waals surface area contributed by atoms with Crippen molar-refractivity contribution in [3.63, 3.8) is 0 Å². The van der Waals surface area contributed by atoms with E-state index in [4.69, 9.17) is 4.74 Å². The first-order valence-electron chi connectivity index (χ1n) is 10.4. The van der Waals surface area contributed by atoms with Gasteiger partial charge in [0.25, 0.3) is 0 Å². The van der Waals surface area contributed by atoms with E-state index < -0.39 is 42.0 Å². The Morgan fingerprint density at radius 2 is 1.58 bits per heavy atom. The first-order valence-corrected chi connectivity index (χ1v) is 10.4. The number of halogens is 2. The molecule has 172 valence electrons. The standard InChI is InChI=1S/C25H23F2NO5/c1-32-21-11-10-18(22(26)23(21)27)24(30)20(29)12-28-25(31)33-13-19-16-8-4-2-6-14(16)15-7-3-5-9-17(15)19/h2-11,19-20,24,29-30H,12-13H2,1H3,(H,28,31). The molecule has 0 spiro atoms. The molecule has 0 aromatic heterocycles. The number of fused-ring (bicyclic) bond motifs is 3. The van der Waals surface area contributed by atoms with Crippen molar-refractivity contribution in [1.29, 1.82) is 0 Å². The summed E-state index contributed by atoms with van der Waals surface area (Å²) in [4.78, 5) is 12.2. The number of methoxy groups -OCH3 is 1. The van der Waals surface area contributed by atoms with Crippen molar-refractivity contribution < 1.29 is 33.3 Å². The van der Waals surface area contributed by atoms with Gasteiger partial charge in [-0.05, 0) is 34.4 Å². The summed E-state index contributed by atoms with van der Waals surface area (Å²) in [6.45, 7) is -0.345. The number of alkyl carbamates (subject to hydrolysis) is 1. The minimum absolute atomic E-state index is 0.0802. The van der Waals surface area contributed by atoms with Crippen LogP contribution in [0, 0.1) is 11.6 Å². The average molecular weight is 455 g/mol. The minimum Gasteiger partial charge on any atom is -0.494 e. The molecule has 8 heteroatoms. The van der Waals surface area contributed by atoms with Crippen LogP contribution in [0.2, 0.25) is 0 Å². The van der Waals surface area contributed by atoms with Gasteiger partial charge in [-0.25, -0.2) is 9.18 Å². The number of ether oxygens (including phenoxy) is 2. The molecule has 3 aromatic carbocycles. The number of rotatable bonds is 7. The van der Waals surface area contributed by atoms with Crippen molar-refractivity contribution in [2.45, 2.75) is 18.1 Å². The van der Waals surface area contributed by atoms with Gasteiger partial charge in [-0.15, -0.1) is 0 Å². The van der Waals surface area contributed by atoms with Gasteiger partial charge in [0.1, 0.15) is 18.8 Å². The van der Waals surface area contributed by atoms with Crippen molar-refractivity contribution in [2.24, 2.45) is 0 Å². The van der Waals surface area contributed by atoms with Gasteiger partial charge < -0.3 is 25.0 Å². The summed E-state index contributed by atoms with van der Waals surface area (Å²) < 4.78 is 38.1. The summed E-state index contributed by atoms with van der Waals surface area (Å²) in [5.74, 6) is -3.06. The molecular weight excluding hydrogens is 432 g/mol. The van der Waals surface area contributed by atoms with Crippen LogP contribution in [0.1, 0.15) is 28.7 Å². The predicted octanol–water partition coefficient (Wildman–Crippen LogP) is 3.91. The number of carbonyl (C=O) groups is 1. The Morgan fingerprint density at radius 1 is 0.970 bits per heavy atom. The molecule has 33 heavy (non-hydrogen) atoms. The Labute approximate surface area is 189 Å². The van der Waals surface area contributed by atoms with Crippen molar-refractivity contribution in [3.8, 4) is 16.9 Å². The zero-order valence-electron chi connectivity index (χ0n) is 17.8. The van der Waals surface area contributed by atoms with Crippen molar-refractivity contribution >= 4 is 6.09 Å². The number of benzene rings is 3. The van der Waals surface area contributed by atoms with Crippen LogP contribution in [-0.4, -0.2) is 42.7 Å². The molecule has 3 aromatic rings. The summed E-state index contributed by atoms with van der Waals surface area (Å²) >= 11 is 0. The van der Waals surface area contributed by atoms with E-state index in [2.05, 4.69) is 10.1 Å². The lowest BCUT2D eigenvalue weighted by atomic mass is 9.98. The van der Waals surface area contributed by atoms with Crippen molar-refractivity contribution in [2.75, 3.05) is 20.3 Å². The highest BCUT2D eigenvalue weighted by molar-refractivity contribution is 5.79. The molecule has 0 saturated heterocycles. The SMILES string of the molecule is COc1ccc(C(O)C(O)CNC(=O)OCC2c3ccccc3-c3ccccc32)c(F)c1F. The maximum absolute atomic E-state index is 14.2. The van der Waals surface area contributed by atoms with E-state index in [1.807, 2.05) is 48.5 Å². The van der Waals surface area contributed by atoms with Crippen molar-refractivity contribution in [3.05, 3.63) is 89.0 Å². The molecule has 0 heterocycles. The third-order valence-corrected chi connectivity index (χ3v) is 5.78. The Balaban J connectivity index is 1.35. The number of aliphatic hydroxyl groups excluding tert-OH is 2. The third-order valence-electron chi connectivity index (χ3n) is 5.78. The number of hydrogen-bond acceptors (Lipinski definition) is 5. The molecule has 0 aliphatic heterocycles. The normalized spacial score (nSPS) is 14.2. The lowest BCUT2D eigenvalue weighted by Gasteiger charge is -2.20. The van der Waals surface area contributed by atoms with Gasteiger partial charge in [-0.1, -0.05) is 48.5 Å². The lowest BCUT2D eigenvalue weighted by molar-refractivity contribution is 0.0161. The van der Waals surface area contributed by atoms with Crippen LogP contribution in [0.4, 0.5) is 13.6 Å². The first kappa shape index (κ1) is 22.7. The Hall–Kier alpha value is -3.49.